The second kappa shape index (κ2) is 11.2. The van der Waals surface area contributed by atoms with Crippen LogP contribution in [-0.4, -0.2) is 19.6 Å². The molecule has 0 aromatic heterocycles. The number of halogens is 5. The molecule has 3 rings (SSSR count). The largest absolute Gasteiger partial charge is 0.459 e. The molecule has 1 fully saturated rings. The van der Waals surface area contributed by atoms with Gasteiger partial charge in [-0.25, -0.2) is 22.0 Å². The van der Waals surface area contributed by atoms with Crippen LogP contribution in [0.5, 0.6) is 5.75 Å². The molecule has 0 radical (unpaired) electrons. The first kappa shape index (κ1) is 23.9. The first-order valence-electron chi connectivity index (χ1n) is 10.2. The van der Waals surface area contributed by atoms with E-state index in [2.05, 4.69) is 11.7 Å². The molecule has 0 bridgehead atoms. The Bertz CT molecular complexity index is 943. The van der Waals surface area contributed by atoms with Crippen LogP contribution in [0.2, 0.25) is 0 Å². The lowest BCUT2D eigenvalue weighted by Crippen LogP contribution is -2.27. The zero-order valence-corrected chi connectivity index (χ0v) is 17.4. The van der Waals surface area contributed by atoms with Crippen LogP contribution >= 0.6 is 0 Å². The van der Waals surface area contributed by atoms with Crippen LogP contribution in [-0.2, 0) is 9.47 Å². The van der Waals surface area contributed by atoms with Crippen LogP contribution in [0.3, 0.4) is 0 Å². The molecular weight excluding hydrogens is 431 g/mol. The molecule has 1 aliphatic heterocycles. The second-order valence-electron chi connectivity index (χ2n) is 7.36. The first-order valence-corrected chi connectivity index (χ1v) is 10.2. The Morgan fingerprint density at radius 1 is 1.00 bits per heavy atom. The predicted molar refractivity (Wildman–Crippen MR) is 111 cm³/mol. The molecule has 1 saturated heterocycles. The third kappa shape index (κ3) is 6.40. The summed E-state index contributed by atoms with van der Waals surface area (Å²) in [5.41, 5.74) is 0.856. The van der Waals surface area contributed by atoms with E-state index in [0.717, 1.165) is 25.0 Å². The summed E-state index contributed by atoms with van der Waals surface area (Å²) in [6.45, 7) is 3.19. The van der Waals surface area contributed by atoms with Gasteiger partial charge in [-0.2, -0.15) is 0 Å². The Morgan fingerprint density at radius 3 is 2.28 bits per heavy atom. The van der Waals surface area contributed by atoms with E-state index in [1.165, 1.54) is 24.3 Å². The molecule has 0 spiro atoms. The van der Waals surface area contributed by atoms with Crippen molar-refractivity contribution in [1.82, 2.24) is 0 Å². The SMILES string of the molecule is CCCC1COC(c2ccc(C=Cc3cc(F)c(OC=CC(F)F)c(F)c3)c(F)c2)OC1. The van der Waals surface area contributed by atoms with E-state index >= 15 is 0 Å². The molecule has 172 valence electrons. The van der Waals surface area contributed by atoms with Crippen LogP contribution in [0, 0.1) is 23.4 Å². The highest BCUT2D eigenvalue weighted by Crippen LogP contribution is 2.29. The zero-order valence-electron chi connectivity index (χ0n) is 17.4. The third-order valence-corrected chi connectivity index (χ3v) is 4.85. The van der Waals surface area contributed by atoms with Crippen LogP contribution in [0.1, 0.15) is 42.7 Å². The quantitative estimate of drug-likeness (QED) is 0.247. The molecule has 0 aliphatic carbocycles. The molecule has 3 nitrogen and oxygen atoms in total. The molecule has 32 heavy (non-hydrogen) atoms. The Hall–Kier alpha value is -2.71. The molecule has 0 atom stereocenters. The van der Waals surface area contributed by atoms with Crippen LogP contribution in [0.15, 0.2) is 42.7 Å². The molecular formula is C24H23F5O3. The van der Waals surface area contributed by atoms with Crippen molar-refractivity contribution in [3.8, 4) is 5.75 Å². The van der Waals surface area contributed by atoms with Gasteiger partial charge >= 0.3 is 0 Å². The summed E-state index contributed by atoms with van der Waals surface area (Å²) in [5, 5.41) is 0. The maximum atomic E-state index is 14.5. The number of rotatable bonds is 8. The van der Waals surface area contributed by atoms with Crippen molar-refractivity contribution in [3.05, 3.63) is 76.8 Å². The number of hydrogen-bond acceptors (Lipinski definition) is 3. The zero-order chi connectivity index (χ0) is 23.1. The maximum Gasteiger partial charge on any atom is 0.260 e. The van der Waals surface area contributed by atoms with E-state index in [9.17, 15) is 22.0 Å². The fourth-order valence-corrected chi connectivity index (χ4v) is 3.28. The molecule has 1 aliphatic rings. The van der Waals surface area contributed by atoms with Crippen LogP contribution < -0.4 is 4.74 Å². The van der Waals surface area contributed by atoms with Gasteiger partial charge in [0.25, 0.3) is 6.43 Å². The molecule has 0 N–H and O–H groups in total. The molecule has 8 heteroatoms. The molecule has 0 amide bonds. The van der Waals surface area contributed by atoms with Crippen molar-refractivity contribution >= 4 is 12.2 Å². The van der Waals surface area contributed by atoms with Gasteiger partial charge < -0.3 is 14.2 Å². The molecule has 2 aromatic carbocycles. The predicted octanol–water partition coefficient (Wildman–Crippen LogP) is 6.89. The highest BCUT2D eigenvalue weighted by atomic mass is 19.3. The van der Waals surface area contributed by atoms with Crippen molar-refractivity contribution < 1.29 is 36.2 Å². The second-order valence-corrected chi connectivity index (χ2v) is 7.36. The fraction of sp³-hybridized carbons (Fsp3) is 0.333. The summed E-state index contributed by atoms with van der Waals surface area (Å²) < 4.78 is 82.7. The molecule has 0 unspecified atom stereocenters. The Balaban J connectivity index is 1.67. The fourth-order valence-electron chi connectivity index (χ4n) is 3.28. The molecule has 1 heterocycles. The summed E-state index contributed by atoms with van der Waals surface area (Å²) >= 11 is 0. The van der Waals surface area contributed by atoms with Gasteiger partial charge in [0.2, 0.25) is 0 Å². The van der Waals surface area contributed by atoms with Crippen molar-refractivity contribution in [2.75, 3.05) is 13.2 Å². The van der Waals surface area contributed by atoms with Gasteiger partial charge in [-0.15, -0.1) is 0 Å². The van der Waals surface area contributed by atoms with E-state index in [0.29, 0.717) is 37.0 Å². The van der Waals surface area contributed by atoms with Crippen LogP contribution in [0.4, 0.5) is 22.0 Å². The van der Waals surface area contributed by atoms with E-state index in [1.54, 1.807) is 6.07 Å². The number of allylic oxidation sites excluding steroid dienone is 1. The van der Waals surface area contributed by atoms with Crippen molar-refractivity contribution in [2.45, 2.75) is 32.5 Å². The van der Waals surface area contributed by atoms with E-state index in [4.69, 9.17) is 9.47 Å². The Labute approximate surface area is 183 Å². The van der Waals surface area contributed by atoms with E-state index in [1.807, 2.05) is 0 Å². The number of alkyl halides is 2. The minimum absolute atomic E-state index is 0.106. The lowest BCUT2D eigenvalue weighted by Gasteiger charge is -2.29. The number of ether oxygens (including phenoxy) is 3. The van der Waals surface area contributed by atoms with Crippen molar-refractivity contribution in [3.63, 3.8) is 0 Å². The topological polar surface area (TPSA) is 27.7 Å². The van der Waals surface area contributed by atoms with Gasteiger partial charge in [0, 0.05) is 23.1 Å². The highest BCUT2D eigenvalue weighted by molar-refractivity contribution is 5.70. The summed E-state index contributed by atoms with van der Waals surface area (Å²) in [5.74, 6) is -3.16. The van der Waals surface area contributed by atoms with Gasteiger partial charge in [0.15, 0.2) is 23.7 Å². The van der Waals surface area contributed by atoms with Crippen LogP contribution in [0.25, 0.3) is 12.2 Å². The molecule has 2 aromatic rings. The van der Waals surface area contributed by atoms with Crippen molar-refractivity contribution in [2.24, 2.45) is 5.92 Å². The maximum absolute atomic E-state index is 14.5. The van der Waals surface area contributed by atoms with Gasteiger partial charge in [-0.1, -0.05) is 37.6 Å². The first-order chi connectivity index (χ1) is 15.4. The minimum Gasteiger partial charge on any atom is -0.459 e. The Morgan fingerprint density at radius 2 is 1.69 bits per heavy atom. The normalized spacial score (nSPS) is 19.3. The summed E-state index contributed by atoms with van der Waals surface area (Å²) in [7, 11) is 0. The average Bonchev–Trinajstić information content (AvgIpc) is 2.75. The minimum atomic E-state index is -2.81. The van der Waals surface area contributed by atoms with Gasteiger partial charge in [0.05, 0.1) is 19.5 Å². The monoisotopic (exact) mass is 454 g/mol. The summed E-state index contributed by atoms with van der Waals surface area (Å²) in [4.78, 5) is 0. The standard InChI is InChI=1S/C24H23F5O3/c1-2-3-16-13-31-24(32-14-16)18-7-6-17(19(25)12-18)5-4-15-10-20(26)23(21(27)11-15)30-9-8-22(28)29/h4-12,16,22,24H,2-3,13-14H2,1H3. The molecule has 0 saturated carbocycles. The van der Waals surface area contributed by atoms with E-state index < -0.39 is 35.9 Å². The lowest BCUT2D eigenvalue weighted by molar-refractivity contribution is -0.206. The number of benzene rings is 2. The Kier molecular flexibility index (Phi) is 8.41. The van der Waals surface area contributed by atoms with Crippen molar-refractivity contribution in [1.29, 1.82) is 0 Å². The number of hydrogen-bond donors (Lipinski definition) is 0. The lowest BCUT2D eigenvalue weighted by atomic mass is 10.0. The summed E-state index contributed by atoms with van der Waals surface area (Å²) in [6.07, 6.45) is 2.16. The highest BCUT2D eigenvalue weighted by Gasteiger charge is 2.23. The van der Waals surface area contributed by atoms with Gasteiger partial charge in [-0.3, -0.25) is 0 Å². The summed E-state index contributed by atoms with van der Waals surface area (Å²) in [6, 6.07) is 6.39. The average molecular weight is 454 g/mol. The smallest absolute Gasteiger partial charge is 0.260 e. The van der Waals surface area contributed by atoms with Gasteiger partial charge in [-0.05, 0) is 30.2 Å². The van der Waals surface area contributed by atoms with E-state index in [-0.39, 0.29) is 11.1 Å². The third-order valence-electron chi connectivity index (χ3n) is 4.85. The van der Waals surface area contributed by atoms with Gasteiger partial charge in [0.1, 0.15) is 5.82 Å².